The van der Waals surface area contributed by atoms with E-state index >= 15 is 0 Å². The third kappa shape index (κ3) is 4.48. The molecule has 0 bridgehead atoms. The molecule has 1 rings (SSSR count). The first kappa shape index (κ1) is 15.3. The zero-order valence-electron chi connectivity index (χ0n) is 10.5. The van der Waals surface area contributed by atoms with Crippen LogP contribution < -0.4 is 5.32 Å². The lowest BCUT2D eigenvalue weighted by Gasteiger charge is -2.16. The van der Waals surface area contributed by atoms with Gasteiger partial charge in [-0.2, -0.15) is 11.8 Å². The maximum Gasteiger partial charge on any atom is 0.270 e. The van der Waals surface area contributed by atoms with Crippen LogP contribution >= 0.6 is 23.4 Å². The Hall–Kier alpha value is -0.780. The Morgan fingerprint density at radius 2 is 2.28 bits per heavy atom. The van der Waals surface area contributed by atoms with E-state index in [0.29, 0.717) is 17.6 Å². The van der Waals surface area contributed by atoms with Gasteiger partial charge >= 0.3 is 0 Å². The molecule has 1 unspecified atom stereocenters. The van der Waals surface area contributed by atoms with Crippen molar-refractivity contribution in [2.24, 2.45) is 0 Å². The van der Waals surface area contributed by atoms with Crippen molar-refractivity contribution in [2.75, 3.05) is 12.0 Å². The van der Waals surface area contributed by atoms with Crippen LogP contribution in [-0.4, -0.2) is 23.0 Å². The molecule has 1 N–H and O–H groups in total. The molecule has 0 heterocycles. The Kier molecular flexibility index (Phi) is 6.46. The molecule has 4 nitrogen and oxygen atoms in total. The standard InChI is InChI=1S/C12H17ClN2O2S/c1-3-10(8-18-2)14-7-9-4-5-11(15(16)17)6-12(9)13/h4-6,10,14H,3,7-8H2,1-2H3. The van der Waals surface area contributed by atoms with Crippen LogP contribution in [-0.2, 0) is 6.54 Å². The van der Waals surface area contributed by atoms with Gasteiger partial charge in [-0.1, -0.05) is 18.5 Å². The molecule has 1 aromatic carbocycles. The summed E-state index contributed by atoms with van der Waals surface area (Å²) >= 11 is 7.82. The van der Waals surface area contributed by atoms with Crippen LogP contribution in [0.1, 0.15) is 18.9 Å². The van der Waals surface area contributed by atoms with Crippen molar-refractivity contribution >= 4 is 29.1 Å². The highest BCUT2D eigenvalue weighted by Crippen LogP contribution is 2.22. The number of hydrogen-bond acceptors (Lipinski definition) is 4. The summed E-state index contributed by atoms with van der Waals surface area (Å²) in [6.45, 7) is 2.77. The molecule has 6 heteroatoms. The van der Waals surface area contributed by atoms with Gasteiger partial charge in [0.2, 0.25) is 0 Å². The van der Waals surface area contributed by atoms with E-state index in [1.165, 1.54) is 12.1 Å². The number of nitrogens with one attached hydrogen (secondary N) is 1. The van der Waals surface area contributed by atoms with E-state index in [1.54, 1.807) is 17.8 Å². The van der Waals surface area contributed by atoms with Gasteiger partial charge in [-0.3, -0.25) is 10.1 Å². The average molecular weight is 289 g/mol. The summed E-state index contributed by atoms with van der Waals surface area (Å²) in [7, 11) is 0. The van der Waals surface area contributed by atoms with E-state index in [-0.39, 0.29) is 5.69 Å². The molecule has 0 saturated heterocycles. The van der Waals surface area contributed by atoms with Crippen LogP contribution in [0.3, 0.4) is 0 Å². The molecular weight excluding hydrogens is 272 g/mol. The zero-order chi connectivity index (χ0) is 13.5. The van der Waals surface area contributed by atoms with E-state index < -0.39 is 4.92 Å². The molecule has 0 aromatic heterocycles. The summed E-state index contributed by atoms with van der Waals surface area (Å²) in [5.41, 5.74) is 0.918. The summed E-state index contributed by atoms with van der Waals surface area (Å²) in [4.78, 5) is 10.2. The number of rotatable bonds is 7. The average Bonchev–Trinajstić information content (AvgIpc) is 2.35. The van der Waals surface area contributed by atoms with Crippen LogP contribution in [0.25, 0.3) is 0 Å². The third-order valence-corrected chi connectivity index (χ3v) is 3.78. The number of hydrogen-bond donors (Lipinski definition) is 1. The SMILES string of the molecule is CCC(CSC)NCc1ccc([N+](=O)[O-])cc1Cl. The molecule has 0 spiro atoms. The van der Waals surface area contributed by atoms with Crippen molar-refractivity contribution in [3.05, 3.63) is 38.9 Å². The fraction of sp³-hybridized carbons (Fsp3) is 0.500. The second-order valence-corrected chi connectivity index (χ2v) is 5.29. The minimum Gasteiger partial charge on any atom is -0.309 e. The van der Waals surface area contributed by atoms with Gasteiger partial charge in [-0.15, -0.1) is 0 Å². The second-order valence-electron chi connectivity index (χ2n) is 3.97. The summed E-state index contributed by atoms with van der Waals surface area (Å²) in [6.07, 6.45) is 3.12. The minimum absolute atomic E-state index is 0.0277. The van der Waals surface area contributed by atoms with E-state index in [4.69, 9.17) is 11.6 Å². The van der Waals surface area contributed by atoms with Crippen molar-refractivity contribution in [3.8, 4) is 0 Å². The van der Waals surface area contributed by atoms with Crippen molar-refractivity contribution < 1.29 is 4.92 Å². The number of thioether (sulfide) groups is 1. The first-order valence-corrected chi connectivity index (χ1v) is 7.50. The van der Waals surface area contributed by atoms with Crippen LogP contribution in [0.15, 0.2) is 18.2 Å². The summed E-state index contributed by atoms with van der Waals surface area (Å²) < 4.78 is 0. The number of halogens is 1. The Morgan fingerprint density at radius 3 is 2.78 bits per heavy atom. The van der Waals surface area contributed by atoms with Crippen molar-refractivity contribution in [2.45, 2.75) is 25.9 Å². The molecule has 0 amide bonds. The van der Waals surface area contributed by atoms with Gasteiger partial charge in [0.15, 0.2) is 0 Å². The third-order valence-electron chi connectivity index (χ3n) is 2.69. The van der Waals surface area contributed by atoms with Gasteiger partial charge in [0.1, 0.15) is 0 Å². The molecule has 0 aliphatic carbocycles. The van der Waals surface area contributed by atoms with Crippen LogP contribution in [0.2, 0.25) is 5.02 Å². The smallest absolute Gasteiger partial charge is 0.270 e. The van der Waals surface area contributed by atoms with Gasteiger partial charge in [-0.25, -0.2) is 0 Å². The van der Waals surface area contributed by atoms with Crippen LogP contribution in [0, 0.1) is 10.1 Å². The van der Waals surface area contributed by atoms with Gasteiger partial charge < -0.3 is 5.32 Å². The fourth-order valence-corrected chi connectivity index (χ4v) is 2.57. The predicted molar refractivity (Wildman–Crippen MR) is 77.4 cm³/mol. The predicted octanol–water partition coefficient (Wildman–Crippen LogP) is 3.48. The van der Waals surface area contributed by atoms with Crippen molar-refractivity contribution in [1.82, 2.24) is 5.32 Å². The highest BCUT2D eigenvalue weighted by molar-refractivity contribution is 7.98. The van der Waals surface area contributed by atoms with Gasteiger partial charge in [-0.05, 0) is 24.3 Å². The Labute approximate surface area is 116 Å². The van der Waals surface area contributed by atoms with Crippen LogP contribution in [0.5, 0.6) is 0 Å². The molecule has 1 aromatic rings. The quantitative estimate of drug-likeness (QED) is 0.616. The van der Waals surface area contributed by atoms with E-state index in [9.17, 15) is 10.1 Å². The first-order chi connectivity index (χ1) is 8.58. The lowest BCUT2D eigenvalue weighted by atomic mass is 10.2. The zero-order valence-corrected chi connectivity index (χ0v) is 12.1. The number of benzene rings is 1. The fourth-order valence-electron chi connectivity index (χ4n) is 1.57. The van der Waals surface area contributed by atoms with Crippen molar-refractivity contribution in [1.29, 1.82) is 0 Å². The van der Waals surface area contributed by atoms with E-state index in [1.807, 2.05) is 0 Å². The van der Waals surface area contributed by atoms with Crippen LogP contribution in [0.4, 0.5) is 5.69 Å². The summed E-state index contributed by atoms with van der Waals surface area (Å²) in [5, 5.41) is 14.4. The maximum atomic E-state index is 10.6. The Bertz CT molecular complexity index is 415. The first-order valence-electron chi connectivity index (χ1n) is 5.73. The summed E-state index contributed by atoms with van der Waals surface area (Å²) in [5.74, 6) is 1.04. The molecular formula is C12H17ClN2O2S. The number of non-ortho nitro benzene ring substituents is 1. The Balaban J connectivity index is 2.65. The largest absolute Gasteiger partial charge is 0.309 e. The van der Waals surface area contributed by atoms with Gasteiger partial charge in [0.05, 0.1) is 9.95 Å². The molecule has 0 aliphatic rings. The van der Waals surface area contributed by atoms with E-state index in [2.05, 4.69) is 18.5 Å². The Morgan fingerprint density at radius 1 is 1.56 bits per heavy atom. The lowest BCUT2D eigenvalue weighted by molar-refractivity contribution is -0.384. The molecule has 1 atom stereocenters. The number of nitro benzene ring substituents is 1. The highest BCUT2D eigenvalue weighted by Gasteiger charge is 2.10. The second kappa shape index (κ2) is 7.61. The molecule has 0 saturated carbocycles. The summed E-state index contributed by atoms with van der Waals surface area (Å²) in [6, 6.07) is 5.03. The molecule has 0 fully saturated rings. The number of nitro groups is 1. The number of nitrogens with zero attached hydrogens (tertiary/aromatic N) is 1. The molecule has 100 valence electrons. The topological polar surface area (TPSA) is 55.2 Å². The van der Waals surface area contributed by atoms with E-state index in [0.717, 1.165) is 17.7 Å². The minimum atomic E-state index is -0.439. The van der Waals surface area contributed by atoms with Gasteiger partial charge in [0.25, 0.3) is 5.69 Å². The molecule has 0 radical (unpaired) electrons. The van der Waals surface area contributed by atoms with Gasteiger partial charge in [0, 0.05) is 30.5 Å². The molecule has 18 heavy (non-hydrogen) atoms. The molecule has 0 aliphatic heterocycles. The lowest BCUT2D eigenvalue weighted by Crippen LogP contribution is -2.30. The normalized spacial score (nSPS) is 12.4. The van der Waals surface area contributed by atoms with Crippen molar-refractivity contribution in [3.63, 3.8) is 0 Å². The maximum absolute atomic E-state index is 10.6. The highest BCUT2D eigenvalue weighted by atomic mass is 35.5. The monoisotopic (exact) mass is 288 g/mol.